The quantitative estimate of drug-likeness (QED) is 0.691. The lowest BCUT2D eigenvalue weighted by molar-refractivity contribution is 0.476. The zero-order chi connectivity index (χ0) is 10.1. The van der Waals surface area contributed by atoms with Gasteiger partial charge in [0, 0.05) is 0 Å². The Morgan fingerprint density at radius 1 is 0.833 bits per heavy atom. The summed E-state index contributed by atoms with van der Waals surface area (Å²) in [6.45, 7) is 9.12. The van der Waals surface area contributed by atoms with Gasteiger partial charge in [-0.2, -0.15) is 0 Å². The molecule has 0 saturated heterocycles. The molecule has 74 valence electrons. The van der Waals surface area contributed by atoms with Gasteiger partial charge in [0.1, 0.15) is 0 Å². The first-order valence-corrected chi connectivity index (χ1v) is 5.13. The molecular formula is C8H18O3S. The third kappa shape index (κ3) is 33.5. The molecule has 0 saturated carbocycles. The van der Waals surface area contributed by atoms with Crippen molar-refractivity contribution in [2.75, 3.05) is 0 Å². The molecule has 0 rings (SSSR count). The molecule has 0 aromatic heterocycles. The molecule has 0 spiro atoms. The summed E-state index contributed by atoms with van der Waals surface area (Å²) in [5.74, 6) is 1.77. The summed E-state index contributed by atoms with van der Waals surface area (Å²) in [6, 6.07) is 0. The van der Waals surface area contributed by atoms with Crippen molar-refractivity contribution < 1.29 is 12.6 Å². The number of hydrogen-bond acceptors (Lipinski definition) is 3. The Balaban J connectivity index is 0. The Labute approximate surface area is 76.2 Å². The SMILES string of the molecule is CC(C)CCC(C)C.O=S(=O)=O. The topological polar surface area (TPSA) is 51.2 Å². The van der Waals surface area contributed by atoms with Gasteiger partial charge in [0.15, 0.2) is 0 Å². The molecule has 0 fully saturated rings. The highest BCUT2D eigenvalue weighted by Gasteiger charge is 1.95. The lowest BCUT2D eigenvalue weighted by atomic mass is 10.0. The lowest BCUT2D eigenvalue weighted by Gasteiger charge is -2.05. The van der Waals surface area contributed by atoms with Crippen LogP contribution in [0.1, 0.15) is 40.5 Å². The van der Waals surface area contributed by atoms with E-state index in [-0.39, 0.29) is 0 Å². The van der Waals surface area contributed by atoms with E-state index in [0.29, 0.717) is 0 Å². The third-order valence-electron chi connectivity index (χ3n) is 1.32. The maximum absolute atomic E-state index is 8.44. The van der Waals surface area contributed by atoms with Gasteiger partial charge in [0.05, 0.1) is 0 Å². The molecule has 12 heavy (non-hydrogen) atoms. The van der Waals surface area contributed by atoms with Gasteiger partial charge in [0.25, 0.3) is 0 Å². The van der Waals surface area contributed by atoms with Crippen molar-refractivity contribution in [3.63, 3.8) is 0 Å². The number of rotatable bonds is 3. The first kappa shape index (κ1) is 14.2. The van der Waals surface area contributed by atoms with E-state index < -0.39 is 10.6 Å². The largest absolute Gasteiger partial charge is 0.425 e. The molecule has 4 heteroatoms. The highest BCUT2D eigenvalue weighted by molar-refractivity contribution is 7.59. The normalized spacial score (nSPS) is 9.50. The van der Waals surface area contributed by atoms with Gasteiger partial charge in [0.2, 0.25) is 0 Å². The van der Waals surface area contributed by atoms with Gasteiger partial charge in [-0.05, 0) is 11.8 Å². The van der Waals surface area contributed by atoms with Crippen molar-refractivity contribution in [2.24, 2.45) is 11.8 Å². The fraction of sp³-hybridized carbons (Fsp3) is 1.00. The highest BCUT2D eigenvalue weighted by Crippen LogP contribution is 2.09. The second kappa shape index (κ2) is 8.71. The van der Waals surface area contributed by atoms with Gasteiger partial charge in [-0.25, -0.2) is 0 Å². The Hall–Kier alpha value is -0.380. The molecule has 0 aromatic carbocycles. The molecular weight excluding hydrogens is 176 g/mol. The van der Waals surface area contributed by atoms with Crippen LogP contribution in [0.2, 0.25) is 0 Å². The van der Waals surface area contributed by atoms with Crippen LogP contribution in [-0.4, -0.2) is 12.6 Å². The Kier molecular flexibility index (Phi) is 10.3. The molecule has 0 aliphatic carbocycles. The van der Waals surface area contributed by atoms with Crippen molar-refractivity contribution in [3.05, 3.63) is 0 Å². The maximum Gasteiger partial charge on any atom is 0.425 e. The average molecular weight is 194 g/mol. The van der Waals surface area contributed by atoms with Gasteiger partial charge >= 0.3 is 10.6 Å². The lowest BCUT2D eigenvalue weighted by Crippen LogP contribution is -1.91. The molecule has 0 atom stereocenters. The minimum Gasteiger partial charge on any atom is -0.142 e. The van der Waals surface area contributed by atoms with E-state index in [4.69, 9.17) is 12.6 Å². The average Bonchev–Trinajstić information content (AvgIpc) is 1.82. The van der Waals surface area contributed by atoms with Crippen LogP contribution in [-0.2, 0) is 10.6 Å². The molecule has 0 aliphatic rings. The monoisotopic (exact) mass is 194 g/mol. The minimum atomic E-state index is -3.11. The molecule has 0 N–H and O–H groups in total. The summed E-state index contributed by atoms with van der Waals surface area (Å²) in [5, 5.41) is 0. The predicted octanol–water partition coefficient (Wildman–Crippen LogP) is 2.07. The fourth-order valence-electron chi connectivity index (χ4n) is 0.667. The molecule has 0 amide bonds. The van der Waals surface area contributed by atoms with Crippen LogP contribution in [0.3, 0.4) is 0 Å². The summed E-state index contributed by atoms with van der Waals surface area (Å²) < 4.78 is 25.3. The maximum atomic E-state index is 8.44. The van der Waals surface area contributed by atoms with Crippen LogP contribution in [0.5, 0.6) is 0 Å². The molecule has 0 aliphatic heterocycles. The molecule has 3 nitrogen and oxygen atoms in total. The van der Waals surface area contributed by atoms with E-state index in [9.17, 15) is 0 Å². The first-order valence-electron chi connectivity index (χ1n) is 4.13. The van der Waals surface area contributed by atoms with Gasteiger partial charge in [-0.3, -0.25) is 0 Å². The van der Waals surface area contributed by atoms with E-state index >= 15 is 0 Å². The first-order chi connectivity index (χ1) is 5.36. The number of hydrogen-bond donors (Lipinski definition) is 0. The molecule has 0 bridgehead atoms. The van der Waals surface area contributed by atoms with Crippen molar-refractivity contribution in [2.45, 2.75) is 40.5 Å². The molecule has 0 unspecified atom stereocenters. The summed E-state index contributed by atoms with van der Waals surface area (Å²) in [5.41, 5.74) is 0. The second-order valence-corrected chi connectivity index (χ2v) is 3.98. The van der Waals surface area contributed by atoms with Gasteiger partial charge in [-0.15, -0.1) is 12.6 Å². The minimum absolute atomic E-state index is 0.886. The summed E-state index contributed by atoms with van der Waals surface area (Å²) in [6.07, 6.45) is 2.77. The van der Waals surface area contributed by atoms with E-state index in [1.807, 2.05) is 0 Å². The molecule has 0 radical (unpaired) electrons. The van der Waals surface area contributed by atoms with Crippen LogP contribution in [0.25, 0.3) is 0 Å². The van der Waals surface area contributed by atoms with Crippen molar-refractivity contribution >= 4 is 10.6 Å². The van der Waals surface area contributed by atoms with Crippen molar-refractivity contribution in [3.8, 4) is 0 Å². The van der Waals surface area contributed by atoms with Crippen LogP contribution in [0.15, 0.2) is 0 Å². The Morgan fingerprint density at radius 2 is 1.00 bits per heavy atom. The molecule has 0 heterocycles. The standard InChI is InChI=1S/C8H18.O3S/c1-7(2)5-6-8(3)4;1-4(2)3/h7-8H,5-6H2,1-4H3;. The van der Waals surface area contributed by atoms with Crippen molar-refractivity contribution in [1.29, 1.82) is 0 Å². The Morgan fingerprint density at radius 3 is 1.08 bits per heavy atom. The zero-order valence-corrected chi connectivity index (χ0v) is 9.02. The van der Waals surface area contributed by atoms with Crippen molar-refractivity contribution in [1.82, 2.24) is 0 Å². The van der Waals surface area contributed by atoms with Crippen LogP contribution < -0.4 is 0 Å². The summed E-state index contributed by atoms with van der Waals surface area (Å²) in [7, 11) is -3.11. The molecule has 0 aromatic rings. The van der Waals surface area contributed by atoms with E-state index in [1.165, 1.54) is 12.8 Å². The van der Waals surface area contributed by atoms with E-state index in [0.717, 1.165) is 11.8 Å². The second-order valence-electron chi connectivity index (χ2n) is 3.57. The van der Waals surface area contributed by atoms with E-state index in [1.54, 1.807) is 0 Å². The smallest absolute Gasteiger partial charge is 0.142 e. The summed E-state index contributed by atoms with van der Waals surface area (Å²) in [4.78, 5) is 0. The third-order valence-corrected chi connectivity index (χ3v) is 1.32. The van der Waals surface area contributed by atoms with Gasteiger partial charge in [-0.1, -0.05) is 40.5 Å². The fourth-order valence-corrected chi connectivity index (χ4v) is 0.667. The van der Waals surface area contributed by atoms with E-state index in [2.05, 4.69) is 27.7 Å². The highest BCUT2D eigenvalue weighted by atomic mass is 32.2. The summed E-state index contributed by atoms with van der Waals surface area (Å²) >= 11 is 0. The zero-order valence-electron chi connectivity index (χ0n) is 8.20. The van der Waals surface area contributed by atoms with Crippen LogP contribution in [0.4, 0.5) is 0 Å². The van der Waals surface area contributed by atoms with Crippen LogP contribution >= 0.6 is 0 Å². The Bertz CT molecular complexity index is 163. The predicted molar refractivity (Wildman–Crippen MR) is 48.6 cm³/mol. The van der Waals surface area contributed by atoms with Crippen LogP contribution in [0, 0.1) is 11.8 Å². The van der Waals surface area contributed by atoms with Gasteiger partial charge < -0.3 is 0 Å².